The second-order valence-electron chi connectivity index (χ2n) is 6.43. The van der Waals surface area contributed by atoms with Gasteiger partial charge < -0.3 is 40.2 Å². The number of carbonyl (C=O) groups excluding carboxylic acids is 2. The molecular weight excluding hydrogens is 558 g/mol. The predicted molar refractivity (Wildman–Crippen MR) is 116 cm³/mol. The van der Waals surface area contributed by atoms with Crippen LogP contribution in [-0.4, -0.2) is 56.2 Å². The Balaban J connectivity index is 0. The van der Waals surface area contributed by atoms with E-state index < -0.39 is 35.8 Å². The van der Waals surface area contributed by atoms with Crippen LogP contribution in [0.1, 0.15) is 62.1 Å². The molecule has 0 fully saturated rings. The second-order valence-corrected chi connectivity index (χ2v) is 6.43. The Bertz CT molecular complexity index is 1060. The molecule has 12 nitrogen and oxygen atoms in total. The van der Waals surface area contributed by atoms with Crippen molar-refractivity contribution in [3.05, 3.63) is 106 Å². The average Bonchev–Trinajstić information content (AvgIpc) is 2.84. The van der Waals surface area contributed by atoms with Crippen LogP contribution in [0.2, 0.25) is 0 Å². The van der Waals surface area contributed by atoms with E-state index in [1.807, 2.05) is 0 Å². The summed E-state index contributed by atoms with van der Waals surface area (Å²) >= 11 is 0. The zero-order chi connectivity index (χ0) is 27.4. The van der Waals surface area contributed by atoms with Crippen LogP contribution in [0.4, 0.5) is 0 Å². The SMILES string of the molecule is O=C(O)c1ccccc1C(=O)O.O=C(O)c1ccccc1C(=O)O.O=C([O-])c1ccccc1C(=O)[O-].[K+].[K+]. The van der Waals surface area contributed by atoms with E-state index in [2.05, 4.69) is 0 Å². The standard InChI is InChI=1S/3C8H6O4.2K/c3*9-7(10)5-3-1-2-4-6(5)8(11)12;;/h3*1-4H,(H,9,10)(H,11,12);;/q;;;2*+1/p-2. The van der Waals surface area contributed by atoms with E-state index in [0.717, 1.165) is 12.1 Å². The third-order valence-corrected chi connectivity index (χ3v) is 4.14. The smallest absolute Gasteiger partial charge is 0.545 e. The van der Waals surface area contributed by atoms with Crippen LogP contribution in [0.15, 0.2) is 72.8 Å². The molecule has 0 heterocycles. The van der Waals surface area contributed by atoms with E-state index in [1.165, 1.54) is 60.7 Å². The first-order valence-corrected chi connectivity index (χ1v) is 9.51. The van der Waals surface area contributed by atoms with Crippen LogP contribution < -0.4 is 113 Å². The zero-order valence-corrected chi connectivity index (χ0v) is 26.2. The Morgan fingerprint density at radius 1 is 0.395 bits per heavy atom. The Kier molecular flexibility index (Phi) is 18.9. The molecule has 14 heteroatoms. The van der Waals surface area contributed by atoms with Crippen molar-refractivity contribution in [2.24, 2.45) is 0 Å². The van der Waals surface area contributed by atoms with E-state index in [-0.39, 0.29) is 136 Å². The van der Waals surface area contributed by atoms with Crippen LogP contribution in [0, 0.1) is 0 Å². The predicted octanol–water partition coefficient (Wildman–Crippen LogP) is -5.41. The largest absolute Gasteiger partial charge is 1.00 e. The number of carbonyl (C=O) groups is 6. The van der Waals surface area contributed by atoms with E-state index in [9.17, 15) is 39.0 Å². The van der Waals surface area contributed by atoms with Gasteiger partial charge in [0.2, 0.25) is 0 Å². The fourth-order valence-corrected chi connectivity index (χ4v) is 2.55. The first-order chi connectivity index (χ1) is 16.9. The maximum atomic E-state index is 10.5. The minimum absolute atomic E-state index is 0. The van der Waals surface area contributed by atoms with Crippen molar-refractivity contribution in [2.45, 2.75) is 0 Å². The summed E-state index contributed by atoms with van der Waals surface area (Å²) in [5.74, 6) is -7.95. The van der Waals surface area contributed by atoms with E-state index >= 15 is 0 Å². The number of rotatable bonds is 6. The molecule has 0 aliphatic carbocycles. The Labute approximate surface area is 299 Å². The van der Waals surface area contributed by atoms with Crippen molar-refractivity contribution in [3.63, 3.8) is 0 Å². The quantitative estimate of drug-likeness (QED) is 0.202. The van der Waals surface area contributed by atoms with Gasteiger partial charge in [-0.05, 0) is 24.3 Å². The molecule has 3 aromatic rings. The van der Waals surface area contributed by atoms with Crippen molar-refractivity contribution in [1.82, 2.24) is 0 Å². The fraction of sp³-hybridized carbons (Fsp3) is 0. The van der Waals surface area contributed by atoms with E-state index in [1.54, 1.807) is 0 Å². The number of aromatic carboxylic acids is 6. The fourth-order valence-electron chi connectivity index (χ4n) is 2.55. The van der Waals surface area contributed by atoms with Crippen molar-refractivity contribution in [3.8, 4) is 0 Å². The minimum atomic E-state index is -1.52. The van der Waals surface area contributed by atoms with Gasteiger partial charge in [0.25, 0.3) is 0 Å². The molecule has 0 saturated heterocycles. The number of carboxylic acids is 6. The summed E-state index contributed by atoms with van der Waals surface area (Å²) in [7, 11) is 0. The molecule has 3 aromatic carbocycles. The normalized spacial score (nSPS) is 8.84. The monoisotopic (exact) mass is 574 g/mol. The van der Waals surface area contributed by atoms with Gasteiger partial charge >= 0.3 is 127 Å². The molecule has 0 atom stereocenters. The summed E-state index contributed by atoms with van der Waals surface area (Å²) in [6.07, 6.45) is 0. The molecule has 0 radical (unpaired) electrons. The van der Waals surface area contributed by atoms with Gasteiger partial charge in [0.15, 0.2) is 0 Å². The number of hydrogen-bond acceptors (Lipinski definition) is 8. The third-order valence-electron chi connectivity index (χ3n) is 4.14. The van der Waals surface area contributed by atoms with Gasteiger partial charge in [-0.25, -0.2) is 19.2 Å². The van der Waals surface area contributed by atoms with Crippen LogP contribution >= 0.6 is 0 Å². The van der Waals surface area contributed by atoms with Crippen molar-refractivity contribution in [1.29, 1.82) is 0 Å². The Hall–Kier alpha value is -2.25. The summed E-state index contributed by atoms with van der Waals surface area (Å²) in [5, 5.41) is 54.9. The third kappa shape index (κ3) is 12.1. The number of hydrogen-bond donors (Lipinski definition) is 4. The molecular formula is C24H16K2O12. The maximum Gasteiger partial charge on any atom is 1.00 e. The second kappa shape index (κ2) is 18.9. The van der Waals surface area contributed by atoms with Crippen molar-refractivity contribution >= 4 is 35.8 Å². The first-order valence-electron chi connectivity index (χ1n) is 9.51. The van der Waals surface area contributed by atoms with Crippen LogP contribution in [0.25, 0.3) is 0 Å². The summed E-state index contributed by atoms with van der Waals surface area (Å²) < 4.78 is 0. The van der Waals surface area contributed by atoms with Crippen LogP contribution in [0.5, 0.6) is 0 Å². The summed E-state index contributed by atoms with van der Waals surface area (Å²) in [4.78, 5) is 62.5. The van der Waals surface area contributed by atoms with Gasteiger partial charge in [0.05, 0.1) is 34.2 Å². The summed E-state index contributed by atoms with van der Waals surface area (Å²) in [6.45, 7) is 0. The van der Waals surface area contributed by atoms with Crippen molar-refractivity contribution in [2.75, 3.05) is 0 Å². The zero-order valence-electron chi connectivity index (χ0n) is 20.0. The molecule has 38 heavy (non-hydrogen) atoms. The van der Waals surface area contributed by atoms with Crippen LogP contribution in [0.3, 0.4) is 0 Å². The molecule has 0 spiro atoms. The van der Waals surface area contributed by atoms with Crippen molar-refractivity contribution < 1.29 is 162 Å². The van der Waals surface area contributed by atoms with E-state index in [0.29, 0.717) is 0 Å². The van der Waals surface area contributed by atoms with Crippen LogP contribution in [-0.2, 0) is 0 Å². The molecule has 0 aliphatic heterocycles. The molecule has 0 unspecified atom stereocenters. The van der Waals surface area contributed by atoms with Gasteiger partial charge in [-0.3, -0.25) is 0 Å². The molecule has 0 aromatic heterocycles. The maximum absolute atomic E-state index is 10.5. The molecule has 0 amide bonds. The van der Waals surface area contributed by atoms with Gasteiger partial charge in [0.1, 0.15) is 0 Å². The Morgan fingerprint density at radius 2 is 0.553 bits per heavy atom. The van der Waals surface area contributed by atoms with Gasteiger partial charge in [0, 0.05) is 11.1 Å². The molecule has 0 aliphatic rings. The summed E-state index contributed by atoms with van der Waals surface area (Å²) in [5.41, 5.74) is -1.49. The Morgan fingerprint density at radius 3 is 0.684 bits per heavy atom. The molecule has 0 bridgehead atoms. The first kappa shape index (κ1) is 37.9. The van der Waals surface area contributed by atoms with Gasteiger partial charge in [-0.1, -0.05) is 48.5 Å². The molecule has 4 N–H and O–H groups in total. The van der Waals surface area contributed by atoms with Gasteiger partial charge in [-0.15, -0.1) is 0 Å². The van der Waals surface area contributed by atoms with Gasteiger partial charge in [-0.2, -0.15) is 0 Å². The number of carboxylic acid groups (broad SMARTS) is 6. The average molecular weight is 575 g/mol. The minimum Gasteiger partial charge on any atom is -0.545 e. The summed E-state index contributed by atoms with van der Waals surface area (Å²) in [6, 6.07) is 16.1. The number of benzene rings is 3. The molecule has 186 valence electrons. The van der Waals surface area contributed by atoms with E-state index in [4.69, 9.17) is 20.4 Å². The molecule has 3 rings (SSSR count). The molecule has 0 saturated carbocycles. The topological polar surface area (TPSA) is 229 Å².